The summed E-state index contributed by atoms with van der Waals surface area (Å²) in [6.45, 7) is 2.54. The maximum absolute atomic E-state index is 12.8. The Balaban J connectivity index is 2.23. The highest BCUT2D eigenvalue weighted by atomic mass is 32.2. The predicted molar refractivity (Wildman–Crippen MR) is 79.5 cm³/mol. The number of aromatic hydroxyl groups is 1. The Morgan fingerprint density at radius 2 is 2.19 bits per heavy atom. The summed E-state index contributed by atoms with van der Waals surface area (Å²) in [5.41, 5.74) is 6.52. The number of aryl methyl sites for hydroxylation is 1. The van der Waals surface area contributed by atoms with Crippen molar-refractivity contribution >= 4 is 20.8 Å². The van der Waals surface area contributed by atoms with Crippen molar-refractivity contribution in [2.75, 3.05) is 13.1 Å². The molecular formula is C14H17N3O3S. The van der Waals surface area contributed by atoms with Crippen LogP contribution >= 0.6 is 0 Å². The van der Waals surface area contributed by atoms with Crippen molar-refractivity contribution in [3.8, 4) is 5.88 Å². The van der Waals surface area contributed by atoms with Crippen molar-refractivity contribution in [3.05, 3.63) is 30.0 Å². The molecule has 2 heterocycles. The van der Waals surface area contributed by atoms with Crippen LogP contribution in [0, 0.1) is 6.92 Å². The van der Waals surface area contributed by atoms with Gasteiger partial charge in [-0.1, -0.05) is 6.07 Å². The summed E-state index contributed by atoms with van der Waals surface area (Å²) in [5.74, 6) is -0.161. The third-order valence-electron chi connectivity index (χ3n) is 3.85. The van der Waals surface area contributed by atoms with Crippen LogP contribution in [0.2, 0.25) is 0 Å². The van der Waals surface area contributed by atoms with Gasteiger partial charge >= 0.3 is 0 Å². The van der Waals surface area contributed by atoms with E-state index in [0.29, 0.717) is 35.8 Å². The summed E-state index contributed by atoms with van der Waals surface area (Å²) < 4.78 is 27.1. The summed E-state index contributed by atoms with van der Waals surface area (Å²) in [5, 5.41) is 10.8. The van der Waals surface area contributed by atoms with Crippen molar-refractivity contribution in [3.63, 3.8) is 0 Å². The lowest BCUT2D eigenvalue weighted by Crippen LogP contribution is -2.32. The van der Waals surface area contributed by atoms with Crippen LogP contribution in [0.3, 0.4) is 0 Å². The minimum absolute atomic E-state index is 0.120. The zero-order valence-electron chi connectivity index (χ0n) is 11.7. The van der Waals surface area contributed by atoms with E-state index < -0.39 is 10.0 Å². The van der Waals surface area contributed by atoms with Crippen molar-refractivity contribution in [2.45, 2.75) is 24.3 Å². The van der Waals surface area contributed by atoms with E-state index >= 15 is 0 Å². The predicted octanol–water partition coefficient (Wildman–Crippen LogP) is 0.971. The minimum Gasteiger partial charge on any atom is -0.493 e. The number of nitrogens with two attached hydrogens (primary N) is 1. The van der Waals surface area contributed by atoms with Crippen molar-refractivity contribution in [1.29, 1.82) is 0 Å². The van der Waals surface area contributed by atoms with Crippen LogP contribution in [0.5, 0.6) is 5.88 Å². The van der Waals surface area contributed by atoms with Gasteiger partial charge in [0.2, 0.25) is 15.9 Å². The fourth-order valence-corrected chi connectivity index (χ4v) is 4.53. The second kappa shape index (κ2) is 4.94. The Labute approximate surface area is 123 Å². The van der Waals surface area contributed by atoms with Crippen LogP contribution in [0.15, 0.2) is 29.3 Å². The van der Waals surface area contributed by atoms with E-state index in [4.69, 9.17) is 5.73 Å². The highest BCUT2D eigenvalue weighted by molar-refractivity contribution is 7.89. The number of hydrogen-bond donors (Lipinski definition) is 2. The van der Waals surface area contributed by atoms with Crippen molar-refractivity contribution in [2.24, 2.45) is 5.73 Å². The molecule has 21 heavy (non-hydrogen) atoms. The number of aromatic nitrogens is 1. The topological polar surface area (TPSA) is 96.5 Å². The van der Waals surface area contributed by atoms with E-state index in [1.807, 2.05) is 0 Å². The highest BCUT2D eigenvalue weighted by Gasteiger charge is 2.32. The molecule has 1 aromatic heterocycles. The fraction of sp³-hybridized carbons (Fsp3) is 0.357. The fourth-order valence-electron chi connectivity index (χ4n) is 2.74. The SMILES string of the molecule is Cc1cnc(O)c2cccc(S(=O)(=O)N3CC[C@H](N)C3)c12. The van der Waals surface area contributed by atoms with Gasteiger partial charge in [-0.25, -0.2) is 13.4 Å². The van der Waals surface area contributed by atoms with Gasteiger partial charge in [0.15, 0.2) is 0 Å². The Hall–Kier alpha value is -1.70. The van der Waals surface area contributed by atoms with E-state index in [1.165, 1.54) is 10.5 Å². The van der Waals surface area contributed by atoms with Crippen LogP contribution in [-0.4, -0.2) is 41.9 Å². The number of hydrogen-bond acceptors (Lipinski definition) is 5. The average Bonchev–Trinajstić information content (AvgIpc) is 2.90. The Morgan fingerprint density at radius 3 is 2.86 bits per heavy atom. The summed E-state index contributed by atoms with van der Waals surface area (Å²) in [6.07, 6.45) is 2.14. The van der Waals surface area contributed by atoms with Crippen molar-refractivity contribution < 1.29 is 13.5 Å². The van der Waals surface area contributed by atoms with Gasteiger partial charge < -0.3 is 10.8 Å². The van der Waals surface area contributed by atoms with Gasteiger partial charge in [0.05, 0.1) is 4.90 Å². The molecule has 1 aliphatic rings. The van der Waals surface area contributed by atoms with Crippen LogP contribution in [0.4, 0.5) is 0 Å². The van der Waals surface area contributed by atoms with E-state index in [9.17, 15) is 13.5 Å². The molecule has 0 aliphatic carbocycles. The lowest BCUT2D eigenvalue weighted by Gasteiger charge is -2.18. The first-order chi connectivity index (χ1) is 9.91. The number of nitrogens with zero attached hydrogens (tertiary/aromatic N) is 2. The summed E-state index contributed by atoms with van der Waals surface area (Å²) in [7, 11) is -3.62. The van der Waals surface area contributed by atoms with E-state index in [0.717, 1.165) is 0 Å². The molecule has 0 bridgehead atoms. The molecule has 1 aliphatic heterocycles. The molecule has 0 spiro atoms. The molecule has 6 nitrogen and oxygen atoms in total. The third-order valence-corrected chi connectivity index (χ3v) is 5.75. The highest BCUT2D eigenvalue weighted by Crippen LogP contribution is 2.32. The molecule has 1 fully saturated rings. The lowest BCUT2D eigenvalue weighted by atomic mass is 10.1. The first kappa shape index (κ1) is 14.2. The summed E-state index contributed by atoms with van der Waals surface area (Å²) >= 11 is 0. The number of pyridine rings is 1. The van der Waals surface area contributed by atoms with Crippen LogP contribution in [-0.2, 0) is 10.0 Å². The summed E-state index contributed by atoms with van der Waals surface area (Å²) in [6, 6.07) is 4.73. The molecule has 7 heteroatoms. The van der Waals surface area contributed by atoms with E-state index in [1.54, 1.807) is 25.1 Å². The molecule has 3 N–H and O–H groups in total. The molecule has 1 atom stereocenters. The molecular weight excluding hydrogens is 290 g/mol. The lowest BCUT2D eigenvalue weighted by molar-refractivity contribution is 0.460. The first-order valence-corrected chi connectivity index (χ1v) is 8.18. The largest absolute Gasteiger partial charge is 0.493 e. The zero-order valence-corrected chi connectivity index (χ0v) is 12.5. The first-order valence-electron chi connectivity index (χ1n) is 6.74. The minimum atomic E-state index is -3.62. The standard InChI is InChI=1S/C14H17N3O3S/c1-9-7-16-14(18)11-3-2-4-12(13(9)11)21(19,20)17-6-5-10(15)8-17/h2-4,7,10H,5-6,8,15H2,1H3,(H,16,18)/t10-/m0/s1. The van der Waals surface area contributed by atoms with Gasteiger partial charge in [-0.15, -0.1) is 0 Å². The third kappa shape index (κ3) is 2.27. The van der Waals surface area contributed by atoms with Gasteiger partial charge in [0.25, 0.3) is 0 Å². The molecule has 1 saturated heterocycles. The van der Waals surface area contributed by atoms with Gasteiger partial charge in [0.1, 0.15) is 0 Å². The second-order valence-electron chi connectivity index (χ2n) is 5.36. The monoisotopic (exact) mass is 307 g/mol. The molecule has 3 rings (SSSR count). The average molecular weight is 307 g/mol. The van der Waals surface area contributed by atoms with E-state index in [2.05, 4.69) is 4.98 Å². The normalized spacial score (nSPS) is 20.2. The summed E-state index contributed by atoms with van der Waals surface area (Å²) in [4.78, 5) is 4.07. The number of rotatable bonds is 2. The number of benzene rings is 1. The molecule has 0 amide bonds. The van der Waals surface area contributed by atoms with E-state index in [-0.39, 0.29) is 16.8 Å². The molecule has 1 aromatic carbocycles. The smallest absolute Gasteiger partial charge is 0.243 e. The Bertz CT molecular complexity index is 804. The Morgan fingerprint density at radius 1 is 1.43 bits per heavy atom. The number of sulfonamides is 1. The Kier molecular flexibility index (Phi) is 3.35. The van der Waals surface area contributed by atoms with Gasteiger partial charge in [-0.05, 0) is 31.0 Å². The van der Waals surface area contributed by atoms with Gasteiger partial charge in [-0.2, -0.15) is 4.31 Å². The molecule has 112 valence electrons. The molecule has 0 unspecified atom stereocenters. The van der Waals surface area contributed by atoms with Crippen LogP contribution < -0.4 is 5.73 Å². The molecule has 0 saturated carbocycles. The zero-order chi connectivity index (χ0) is 15.2. The second-order valence-corrected chi connectivity index (χ2v) is 7.26. The van der Waals surface area contributed by atoms with Crippen LogP contribution in [0.25, 0.3) is 10.8 Å². The van der Waals surface area contributed by atoms with Crippen molar-refractivity contribution in [1.82, 2.24) is 9.29 Å². The molecule has 2 aromatic rings. The van der Waals surface area contributed by atoms with Crippen LogP contribution in [0.1, 0.15) is 12.0 Å². The quantitative estimate of drug-likeness (QED) is 0.862. The maximum atomic E-state index is 12.8. The van der Waals surface area contributed by atoms with Gasteiger partial charge in [0, 0.05) is 36.1 Å². The van der Waals surface area contributed by atoms with Gasteiger partial charge in [-0.3, -0.25) is 0 Å². The maximum Gasteiger partial charge on any atom is 0.243 e. The molecule has 0 radical (unpaired) electrons. The number of fused-ring (bicyclic) bond motifs is 1.